The molecule has 1 atom stereocenters. The van der Waals surface area contributed by atoms with E-state index < -0.39 is 5.60 Å². The summed E-state index contributed by atoms with van der Waals surface area (Å²) in [6, 6.07) is 15.7. The highest BCUT2D eigenvalue weighted by molar-refractivity contribution is 5.93. The normalized spacial score (nSPS) is 22.8. The molecule has 2 aromatic rings. The summed E-state index contributed by atoms with van der Waals surface area (Å²) in [5.41, 5.74) is 0.314. The van der Waals surface area contributed by atoms with Crippen LogP contribution in [0.5, 0.6) is 17.2 Å². The highest BCUT2D eigenvalue weighted by Gasteiger charge is 2.41. The van der Waals surface area contributed by atoms with Crippen LogP contribution in [0.2, 0.25) is 0 Å². The van der Waals surface area contributed by atoms with Gasteiger partial charge in [-0.05, 0) is 25.1 Å². The number of amidine groups is 1. The minimum atomic E-state index is -0.667. The molecule has 0 fully saturated rings. The Kier molecular flexibility index (Phi) is 2.64. The Balaban J connectivity index is 1.94. The van der Waals surface area contributed by atoms with Crippen molar-refractivity contribution in [2.75, 3.05) is 13.1 Å². The van der Waals surface area contributed by atoms with Crippen molar-refractivity contribution in [1.82, 2.24) is 5.32 Å². The van der Waals surface area contributed by atoms with E-state index in [0.717, 1.165) is 41.7 Å². The van der Waals surface area contributed by atoms with Gasteiger partial charge < -0.3 is 14.8 Å². The smallest absolute Gasteiger partial charge is 0.191 e. The molecule has 4 nitrogen and oxygen atoms in total. The van der Waals surface area contributed by atoms with E-state index in [0.29, 0.717) is 0 Å². The van der Waals surface area contributed by atoms with Crippen LogP contribution in [0.15, 0.2) is 53.5 Å². The molecule has 2 aromatic carbocycles. The van der Waals surface area contributed by atoms with E-state index in [1.54, 1.807) is 0 Å². The molecule has 0 spiro atoms. The minimum Gasteiger partial charge on any atom is -0.471 e. The Hall–Kier alpha value is -2.49. The predicted octanol–water partition coefficient (Wildman–Crippen LogP) is 3.09. The number of benzene rings is 2. The summed E-state index contributed by atoms with van der Waals surface area (Å²) in [4.78, 5) is 4.57. The molecule has 1 N–H and O–H groups in total. The second kappa shape index (κ2) is 4.52. The molecule has 0 aliphatic carbocycles. The number of nitrogens with zero attached hydrogens (tertiary/aromatic N) is 1. The lowest BCUT2D eigenvalue weighted by atomic mass is 9.93. The fraction of sp³-hybridized carbons (Fsp3) is 0.235. The van der Waals surface area contributed by atoms with Crippen molar-refractivity contribution in [2.24, 2.45) is 4.99 Å². The van der Waals surface area contributed by atoms with Gasteiger partial charge in [-0.15, -0.1) is 0 Å². The van der Waals surface area contributed by atoms with Crippen LogP contribution in [0, 0.1) is 0 Å². The van der Waals surface area contributed by atoms with Gasteiger partial charge in [0, 0.05) is 12.1 Å². The summed E-state index contributed by atoms with van der Waals surface area (Å²) in [5.74, 6) is 3.12. The van der Waals surface area contributed by atoms with Crippen molar-refractivity contribution in [3.05, 3.63) is 54.1 Å². The molecule has 0 bridgehead atoms. The van der Waals surface area contributed by atoms with Gasteiger partial charge in [0.1, 0.15) is 11.6 Å². The van der Waals surface area contributed by atoms with E-state index in [-0.39, 0.29) is 0 Å². The van der Waals surface area contributed by atoms with Gasteiger partial charge in [0.2, 0.25) is 0 Å². The van der Waals surface area contributed by atoms with Crippen LogP contribution in [-0.4, -0.2) is 18.9 Å². The quantitative estimate of drug-likeness (QED) is 0.873. The van der Waals surface area contributed by atoms with Gasteiger partial charge in [0.25, 0.3) is 0 Å². The van der Waals surface area contributed by atoms with E-state index in [4.69, 9.17) is 9.47 Å². The first-order valence-electron chi connectivity index (χ1n) is 7.11. The van der Waals surface area contributed by atoms with Crippen LogP contribution >= 0.6 is 0 Å². The topological polar surface area (TPSA) is 42.9 Å². The summed E-state index contributed by atoms with van der Waals surface area (Å²) < 4.78 is 12.4. The van der Waals surface area contributed by atoms with Gasteiger partial charge in [-0.3, -0.25) is 4.99 Å². The fourth-order valence-electron chi connectivity index (χ4n) is 2.86. The van der Waals surface area contributed by atoms with Crippen LogP contribution < -0.4 is 14.8 Å². The number of fused-ring (bicyclic) bond motifs is 2. The fourth-order valence-corrected chi connectivity index (χ4v) is 2.86. The summed E-state index contributed by atoms with van der Waals surface area (Å²) >= 11 is 0. The van der Waals surface area contributed by atoms with Crippen molar-refractivity contribution in [1.29, 1.82) is 0 Å². The van der Waals surface area contributed by atoms with Gasteiger partial charge in [0.15, 0.2) is 17.1 Å². The van der Waals surface area contributed by atoms with Crippen molar-refractivity contribution in [2.45, 2.75) is 12.5 Å². The molecule has 21 heavy (non-hydrogen) atoms. The van der Waals surface area contributed by atoms with Gasteiger partial charge in [0.05, 0.1) is 6.54 Å². The van der Waals surface area contributed by atoms with Gasteiger partial charge >= 0.3 is 0 Å². The molecule has 0 amide bonds. The molecule has 0 saturated carbocycles. The van der Waals surface area contributed by atoms with E-state index >= 15 is 0 Å². The molecule has 4 heteroatoms. The molecule has 2 aliphatic rings. The lowest BCUT2D eigenvalue weighted by molar-refractivity contribution is 0.162. The third-order valence-corrected chi connectivity index (χ3v) is 3.91. The summed E-state index contributed by atoms with van der Waals surface area (Å²) in [6.07, 6.45) is 0. The Labute approximate surface area is 123 Å². The van der Waals surface area contributed by atoms with Crippen LogP contribution in [0.25, 0.3) is 0 Å². The molecular weight excluding hydrogens is 264 g/mol. The average Bonchev–Trinajstić information content (AvgIpc) is 3.01. The molecular formula is C17H16N2O2. The molecule has 4 rings (SSSR count). The Bertz CT molecular complexity index is 726. The summed E-state index contributed by atoms with van der Waals surface area (Å²) in [5, 5.41) is 3.34. The zero-order valence-corrected chi connectivity index (χ0v) is 11.8. The van der Waals surface area contributed by atoms with Crippen LogP contribution in [-0.2, 0) is 5.60 Å². The third-order valence-electron chi connectivity index (χ3n) is 3.91. The highest BCUT2D eigenvalue weighted by Crippen LogP contribution is 2.44. The SMILES string of the molecule is CC1(C2=NCCN2)Oc2ccccc2Oc2ccccc21. The zero-order chi connectivity index (χ0) is 14.3. The standard InChI is InChI=1S/C17H16N2O2/c1-17(16-18-10-11-19-16)12-6-2-3-7-13(12)20-14-8-4-5-9-15(14)21-17/h2-9H,10-11H2,1H3,(H,18,19). The minimum absolute atomic E-state index is 0.667. The van der Waals surface area contributed by atoms with Crippen molar-refractivity contribution in [3.8, 4) is 17.2 Å². The third kappa shape index (κ3) is 1.87. The van der Waals surface area contributed by atoms with Gasteiger partial charge in [-0.2, -0.15) is 0 Å². The summed E-state index contributed by atoms with van der Waals surface area (Å²) in [6.45, 7) is 3.66. The van der Waals surface area contributed by atoms with Crippen molar-refractivity contribution >= 4 is 5.84 Å². The second-order valence-corrected chi connectivity index (χ2v) is 5.34. The van der Waals surface area contributed by atoms with E-state index in [1.165, 1.54) is 0 Å². The van der Waals surface area contributed by atoms with E-state index in [9.17, 15) is 0 Å². The molecule has 0 saturated heterocycles. The lowest BCUT2D eigenvalue weighted by Crippen LogP contribution is -2.44. The molecule has 2 heterocycles. The maximum absolute atomic E-state index is 6.34. The number of ether oxygens (including phenoxy) is 2. The molecule has 2 aliphatic heterocycles. The maximum atomic E-state index is 6.34. The number of para-hydroxylation sites is 3. The maximum Gasteiger partial charge on any atom is 0.191 e. The second-order valence-electron chi connectivity index (χ2n) is 5.34. The number of hydrogen-bond acceptors (Lipinski definition) is 4. The monoisotopic (exact) mass is 280 g/mol. The molecule has 0 aromatic heterocycles. The van der Waals surface area contributed by atoms with Crippen LogP contribution in [0.3, 0.4) is 0 Å². The number of rotatable bonds is 1. The Morgan fingerprint density at radius 1 is 1.00 bits per heavy atom. The van der Waals surface area contributed by atoms with Crippen molar-refractivity contribution in [3.63, 3.8) is 0 Å². The first-order chi connectivity index (χ1) is 10.3. The number of nitrogens with one attached hydrogen (secondary N) is 1. The molecule has 106 valence electrons. The average molecular weight is 280 g/mol. The van der Waals surface area contributed by atoms with E-state index in [2.05, 4.69) is 10.3 Å². The zero-order valence-electron chi connectivity index (χ0n) is 11.8. The largest absolute Gasteiger partial charge is 0.471 e. The predicted molar refractivity (Wildman–Crippen MR) is 81.2 cm³/mol. The van der Waals surface area contributed by atoms with Crippen LogP contribution in [0.4, 0.5) is 0 Å². The number of hydrogen-bond donors (Lipinski definition) is 1. The van der Waals surface area contributed by atoms with Gasteiger partial charge in [-0.25, -0.2) is 0 Å². The molecule has 1 unspecified atom stereocenters. The lowest BCUT2D eigenvalue weighted by Gasteiger charge is -2.30. The Morgan fingerprint density at radius 3 is 2.48 bits per heavy atom. The summed E-state index contributed by atoms with van der Waals surface area (Å²) in [7, 11) is 0. The van der Waals surface area contributed by atoms with Crippen molar-refractivity contribution < 1.29 is 9.47 Å². The van der Waals surface area contributed by atoms with Gasteiger partial charge in [-0.1, -0.05) is 30.3 Å². The molecule has 0 radical (unpaired) electrons. The Morgan fingerprint density at radius 2 is 1.71 bits per heavy atom. The first kappa shape index (κ1) is 12.3. The highest BCUT2D eigenvalue weighted by atomic mass is 16.5. The first-order valence-corrected chi connectivity index (χ1v) is 7.11. The van der Waals surface area contributed by atoms with Crippen LogP contribution in [0.1, 0.15) is 12.5 Å². The van der Waals surface area contributed by atoms with E-state index in [1.807, 2.05) is 55.5 Å². The number of aliphatic imine (C=N–C) groups is 1.